The lowest BCUT2D eigenvalue weighted by Gasteiger charge is -2.22. The topological polar surface area (TPSA) is 66.5 Å². The Hall–Kier alpha value is -1.99. The molecule has 0 aliphatic heterocycles. The molecule has 0 aliphatic rings. The van der Waals surface area contributed by atoms with Crippen LogP contribution in [0.3, 0.4) is 0 Å². The van der Waals surface area contributed by atoms with Gasteiger partial charge in [-0.3, -0.25) is 9.10 Å². The Labute approximate surface area is 166 Å². The van der Waals surface area contributed by atoms with Crippen LogP contribution < -0.4 is 9.62 Å². The number of hydrogen-bond donors (Lipinski definition) is 1. The third-order valence-electron chi connectivity index (χ3n) is 3.91. The van der Waals surface area contributed by atoms with Crippen LogP contribution in [0.4, 0.5) is 5.69 Å². The summed E-state index contributed by atoms with van der Waals surface area (Å²) in [5.41, 5.74) is 2.81. The van der Waals surface area contributed by atoms with Crippen molar-refractivity contribution in [3.63, 3.8) is 0 Å². The number of rotatable bonds is 10. The molecular weight excluding hydrogens is 380 g/mol. The number of anilines is 1. The molecule has 1 N–H and O–H groups in total. The lowest BCUT2D eigenvalue weighted by atomic mass is 10.2. The van der Waals surface area contributed by atoms with Gasteiger partial charge >= 0.3 is 0 Å². The number of benzene rings is 2. The number of aryl methyl sites for hydroxylation is 1. The first kappa shape index (κ1) is 21.3. The van der Waals surface area contributed by atoms with Crippen molar-refractivity contribution in [2.75, 3.05) is 29.4 Å². The molecule has 0 saturated heterocycles. The van der Waals surface area contributed by atoms with Gasteiger partial charge in [-0.2, -0.15) is 11.8 Å². The monoisotopic (exact) mass is 406 g/mol. The number of thioether (sulfide) groups is 1. The quantitative estimate of drug-likeness (QED) is 0.616. The molecule has 0 heterocycles. The van der Waals surface area contributed by atoms with Crippen molar-refractivity contribution in [3.05, 3.63) is 65.7 Å². The number of carbonyl (C=O) groups is 1. The maximum Gasteiger partial charge on any atom is 0.240 e. The Kier molecular flexibility index (Phi) is 8.19. The fraction of sp³-hybridized carbons (Fsp3) is 0.350. The van der Waals surface area contributed by atoms with Crippen LogP contribution in [0.15, 0.2) is 54.6 Å². The molecule has 0 radical (unpaired) electrons. The first-order valence-corrected chi connectivity index (χ1v) is 11.8. The van der Waals surface area contributed by atoms with Gasteiger partial charge in [0.1, 0.15) is 6.54 Å². The molecule has 0 unspecified atom stereocenters. The van der Waals surface area contributed by atoms with Gasteiger partial charge in [-0.05, 0) is 36.8 Å². The molecule has 2 rings (SSSR count). The van der Waals surface area contributed by atoms with Crippen LogP contribution in [0.2, 0.25) is 0 Å². The number of amides is 1. The minimum Gasteiger partial charge on any atom is -0.354 e. The summed E-state index contributed by atoms with van der Waals surface area (Å²) in [4.78, 5) is 12.2. The van der Waals surface area contributed by atoms with E-state index in [4.69, 9.17) is 0 Å². The van der Waals surface area contributed by atoms with Crippen LogP contribution in [0.5, 0.6) is 0 Å². The zero-order chi connectivity index (χ0) is 19.7. The van der Waals surface area contributed by atoms with E-state index in [1.54, 1.807) is 12.1 Å². The zero-order valence-electron chi connectivity index (χ0n) is 15.7. The van der Waals surface area contributed by atoms with E-state index < -0.39 is 10.0 Å². The van der Waals surface area contributed by atoms with Gasteiger partial charge in [0.05, 0.1) is 11.9 Å². The van der Waals surface area contributed by atoms with Crippen molar-refractivity contribution < 1.29 is 13.2 Å². The van der Waals surface area contributed by atoms with E-state index in [0.29, 0.717) is 12.2 Å². The van der Waals surface area contributed by atoms with Gasteiger partial charge in [-0.1, -0.05) is 48.0 Å². The zero-order valence-corrected chi connectivity index (χ0v) is 17.4. The fourth-order valence-electron chi connectivity index (χ4n) is 2.46. The molecule has 0 atom stereocenters. The minimum atomic E-state index is -3.53. The van der Waals surface area contributed by atoms with E-state index in [-0.39, 0.29) is 12.5 Å². The third kappa shape index (κ3) is 7.64. The van der Waals surface area contributed by atoms with E-state index in [1.807, 2.05) is 49.0 Å². The van der Waals surface area contributed by atoms with Gasteiger partial charge in [0.15, 0.2) is 0 Å². The van der Waals surface area contributed by atoms with Crippen LogP contribution in [0, 0.1) is 6.92 Å². The highest BCUT2D eigenvalue weighted by Crippen LogP contribution is 2.18. The molecule has 146 valence electrons. The fourth-order valence-corrected chi connectivity index (χ4v) is 4.24. The van der Waals surface area contributed by atoms with Crippen LogP contribution in [-0.2, 0) is 20.6 Å². The molecule has 0 bridgehead atoms. The Morgan fingerprint density at radius 2 is 1.74 bits per heavy atom. The van der Waals surface area contributed by atoms with Gasteiger partial charge in [-0.25, -0.2) is 8.42 Å². The average Bonchev–Trinajstić information content (AvgIpc) is 2.63. The average molecular weight is 407 g/mol. The molecule has 27 heavy (non-hydrogen) atoms. The van der Waals surface area contributed by atoms with Crippen molar-refractivity contribution in [3.8, 4) is 0 Å². The molecule has 1 amide bonds. The SMILES string of the molecule is Cc1ccc(N(CC(=O)NCCCSCc2ccccc2)S(C)(=O)=O)cc1. The van der Waals surface area contributed by atoms with Crippen LogP contribution in [0.25, 0.3) is 0 Å². The normalized spacial score (nSPS) is 11.2. The summed E-state index contributed by atoms with van der Waals surface area (Å²) in [6.45, 7) is 2.25. The Bertz CT molecular complexity index is 822. The summed E-state index contributed by atoms with van der Waals surface area (Å²) in [5.74, 6) is 1.58. The summed E-state index contributed by atoms with van der Waals surface area (Å²) >= 11 is 1.82. The van der Waals surface area contributed by atoms with E-state index in [1.165, 1.54) is 5.56 Å². The third-order valence-corrected chi connectivity index (χ3v) is 6.16. The van der Waals surface area contributed by atoms with Crippen LogP contribution in [0.1, 0.15) is 17.5 Å². The second-order valence-electron chi connectivity index (χ2n) is 6.35. The van der Waals surface area contributed by atoms with Crippen LogP contribution >= 0.6 is 11.8 Å². The number of carbonyl (C=O) groups excluding carboxylic acids is 1. The van der Waals surface area contributed by atoms with Crippen molar-refractivity contribution in [1.82, 2.24) is 5.32 Å². The second kappa shape index (κ2) is 10.4. The van der Waals surface area contributed by atoms with Gasteiger partial charge in [0.25, 0.3) is 0 Å². The second-order valence-corrected chi connectivity index (χ2v) is 9.36. The smallest absolute Gasteiger partial charge is 0.240 e. The highest BCUT2D eigenvalue weighted by molar-refractivity contribution is 7.98. The van der Waals surface area contributed by atoms with Gasteiger partial charge < -0.3 is 5.32 Å². The lowest BCUT2D eigenvalue weighted by molar-refractivity contribution is -0.119. The summed E-state index contributed by atoms with van der Waals surface area (Å²) < 4.78 is 25.2. The van der Waals surface area contributed by atoms with Crippen molar-refractivity contribution in [2.45, 2.75) is 19.1 Å². The van der Waals surface area contributed by atoms with Gasteiger partial charge in [0, 0.05) is 12.3 Å². The predicted molar refractivity (Wildman–Crippen MR) is 114 cm³/mol. The van der Waals surface area contributed by atoms with Crippen molar-refractivity contribution in [2.24, 2.45) is 0 Å². The maximum atomic E-state index is 12.2. The highest BCUT2D eigenvalue weighted by Gasteiger charge is 2.20. The molecule has 0 spiro atoms. The van der Waals surface area contributed by atoms with Crippen molar-refractivity contribution >= 4 is 33.4 Å². The predicted octanol–water partition coefficient (Wildman–Crippen LogP) is 3.20. The largest absolute Gasteiger partial charge is 0.354 e. The van der Waals surface area contributed by atoms with Crippen molar-refractivity contribution in [1.29, 1.82) is 0 Å². The van der Waals surface area contributed by atoms with Gasteiger partial charge in [0.2, 0.25) is 15.9 Å². The molecule has 0 fully saturated rings. The summed E-state index contributed by atoms with van der Waals surface area (Å²) in [5, 5.41) is 2.81. The van der Waals surface area contributed by atoms with Crippen LogP contribution in [-0.4, -0.2) is 39.4 Å². The Morgan fingerprint density at radius 3 is 2.37 bits per heavy atom. The number of nitrogens with zero attached hydrogens (tertiary/aromatic N) is 1. The van der Waals surface area contributed by atoms with E-state index in [0.717, 1.165) is 34.1 Å². The molecule has 0 aliphatic carbocycles. The standard InChI is InChI=1S/C20H26N2O3S2/c1-17-9-11-19(12-10-17)22(27(2,24)25)15-20(23)21-13-6-14-26-16-18-7-4-3-5-8-18/h3-5,7-12H,6,13-16H2,1-2H3,(H,21,23). The van der Waals surface area contributed by atoms with Gasteiger partial charge in [-0.15, -0.1) is 0 Å². The molecule has 0 saturated carbocycles. The van der Waals surface area contributed by atoms with E-state index >= 15 is 0 Å². The summed E-state index contributed by atoms with van der Waals surface area (Å²) in [6.07, 6.45) is 1.95. The molecule has 0 aromatic heterocycles. The minimum absolute atomic E-state index is 0.209. The first-order valence-electron chi connectivity index (χ1n) is 8.79. The Morgan fingerprint density at radius 1 is 1.07 bits per heavy atom. The molecule has 7 heteroatoms. The summed E-state index contributed by atoms with van der Waals surface area (Å²) in [7, 11) is -3.53. The molecule has 5 nitrogen and oxygen atoms in total. The van der Waals surface area contributed by atoms with E-state index in [2.05, 4.69) is 17.4 Å². The Balaban J connectivity index is 1.74. The number of nitrogens with one attached hydrogen (secondary N) is 1. The number of sulfonamides is 1. The first-order chi connectivity index (χ1) is 12.9. The molecule has 2 aromatic rings. The maximum absolute atomic E-state index is 12.2. The summed E-state index contributed by atoms with van der Waals surface area (Å²) in [6, 6.07) is 17.3. The highest BCUT2D eigenvalue weighted by atomic mass is 32.2. The molecule has 2 aromatic carbocycles. The lowest BCUT2D eigenvalue weighted by Crippen LogP contribution is -2.40. The molecular formula is C20H26N2O3S2. The van der Waals surface area contributed by atoms with E-state index in [9.17, 15) is 13.2 Å². The number of hydrogen-bond acceptors (Lipinski definition) is 4.